The van der Waals surface area contributed by atoms with Gasteiger partial charge in [-0.2, -0.15) is 5.10 Å². The van der Waals surface area contributed by atoms with E-state index in [9.17, 15) is 13.9 Å². The first kappa shape index (κ1) is 17.0. The number of hydrogen-bond donors (Lipinski definition) is 1. The molecule has 1 N–H and O–H groups in total. The van der Waals surface area contributed by atoms with Crippen LogP contribution >= 0.6 is 0 Å². The number of aliphatic hydroxyl groups is 1. The average molecular weight is 335 g/mol. The molecule has 2 atom stereocenters. The summed E-state index contributed by atoms with van der Waals surface area (Å²) in [4.78, 5) is 1.98. The number of benzene rings is 1. The summed E-state index contributed by atoms with van der Waals surface area (Å²) in [5.74, 6) is -0.904. The largest absolute Gasteiger partial charge is 0.392 e. The van der Waals surface area contributed by atoms with Gasteiger partial charge < -0.3 is 5.11 Å². The van der Waals surface area contributed by atoms with Gasteiger partial charge in [0, 0.05) is 36.5 Å². The van der Waals surface area contributed by atoms with Crippen molar-refractivity contribution in [1.82, 2.24) is 14.7 Å². The highest BCUT2D eigenvalue weighted by molar-refractivity contribution is 5.24. The molecule has 0 saturated carbocycles. The molecule has 0 aliphatic carbocycles. The SMILES string of the molecule is CC(C)(C)n1cc(CN2CC(O)CC2c2cc(F)ccc2F)cn1. The molecule has 24 heavy (non-hydrogen) atoms. The van der Waals surface area contributed by atoms with Gasteiger partial charge in [0.25, 0.3) is 0 Å². The molecule has 0 amide bonds. The lowest BCUT2D eigenvalue weighted by Crippen LogP contribution is -2.25. The third-order valence-corrected chi connectivity index (χ3v) is 4.41. The van der Waals surface area contributed by atoms with Crippen LogP contribution in [0.4, 0.5) is 8.78 Å². The van der Waals surface area contributed by atoms with Gasteiger partial charge in [-0.15, -0.1) is 0 Å². The summed E-state index contributed by atoms with van der Waals surface area (Å²) < 4.78 is 29.5. The van der Waals surface area contributed by atoms with Gasteiger partial charge in [-0.1, -0.05) is 0 Å². The van der Waals surface area contributed by atoms with Crippen LogP contribution in [0.3, 0.4) is 0 Å². The number of hydrogen-bond acceptors (Lipinski definition) is 3. The Bertz CT molecular complexity index is 723. The van der Waals surface area contributed by atoms with Crippen LogP contribution in [0.1, 0.15) is 44.4 Å². The predicted octanol–water partition coefficient (Wildman–Crippen LogP) is 3.22. The molecule has 2 unspecified atom stereocenters. The molecule has 1 aliphatic rings. The van der Waals surface area contributed by atoms with Crippen molar-refractivity contribution in [2.75, 3.05) is 6.54 Å². The number of likely N-dealkylation sites (tertiary alicyclic amines) is 1. The highest BCUT2D eigenvalue weighted by atomic mass is 19.1. The first-order chi connectivity index (χ1) is 11.2. The lowest BCUT2D eigenvalue weighted by atomic mass is 10.0. The molecule has 2 aromatic rings. The molecular weight excluding hydrogens is 312 g/mol. The Morgan fingerprint density at radius 3 is 2.71 bits per heavy atom. The number of halogens is 2. The van der Waals surface area contributed by atoms with Gasteiger partial charge in [0.2, 0.25) is 0 Å². The van der Waals surface area contributed by atoms with Crippen molar-refractivity contribution in [3.05, 3.63) is 53.4 Å². The Hall–Kier alpha value is -1.79. The molecule has 0 radical (unpaired) electrons. The van der Waals surface area contributed by atoms with E-state index in [4.69, 9.17) is 0 Å². The zero-order valence-corrected chi connectivity index (χ0v) is 14.2. The van der Waals surface area contributed by atoms with E-state index in [-0.39, 0.29) is 11.6 Å². The van der Waals surface area contributed by atoms with Crippen molar-refractivity contribution in [2.24, 2.45) is 0 Å². The first-order valence-electron chi connectivity index (χ1n) is 8.15. The van der Waals surface area contributed by atoms with Crippen LogP contribution in [-0.2, 0) is 12.1 Å². The van der Waals surface area contributed by atoms with Gasteiger partial charge in [-0.3, -0.25) is 9.58 Å². The summed E-state index contributed by atoms with van der Waals surface area (Å²) in [6, 6.07) is 3.14. The zero-order valence-electron chi connectivity index (χ0n) is 14.2. The zero-order chi connectivity index (χ0) is 17.5. The smallest absolute Gasteiger partial charge is 0.128 e. The van der Waals surface area contributed by atoms with Crippen LogP contribution in [0.15, 0.2) is 30.6 Å². The topological polar surface area (TPSA) is 41.3 Å². The second-order valence-electron chi connectivity index (χ2n) is 7.46. The normalized spacial score (nSPS) is 22.2. The van der Waals surface area contributed by atoms with Gasteiger partial charge in [-0.05, 0) is 45.4 Å². The maximum Gasteiger partial charge on any atom is 0.128 e. The highest BCUT2D eigenvalue weighted by Crippen LogP contribution is 2.35. The summed E-state index contributed by atoms with van der Waals surface area (Å²) in [6.45, 7) is 7.16. The number of β-amino-alcohol motifs (C(OH)–C–C–N with tert-alkyl or cyclic N) is 1. The third-order valence-electron chi connectivity index (χ3n) is 4.41. The predicted molar refractivity (Wildman–Crippen MR) is 87.4 cm³/mol. The van der Waals surface area contributed by atoms with Crippen LogP contribution in [0, 0.1) is 11.6 Å². The molecule has 1 aliphatic heterocycles. The Balaban J connectivity index is 1.83. The van der Waals surface area contributed by atoms with Crippen molar-refractivity contribution in [3.8, 4) is 0 Å². The van der Waals surface area contributed by atoms with Crippen molar-refractivity contribution < 1.29 is 13.9 Å². The Morgan fingerprint density at radius 2 is 2.04 bits per heavy atom. The Labute approximate surface area is 140 Å². The molecule has 1 aromatic heterocycles. The quantitative estimate of drug-likeness (QED) is 0.936. The van der Waals surface area contributed by atoms with Crippen LogP contribution in [0.5, 0.6) is 0 Å². The van der Waals surface area contributed by atoms with E-state index in [1.807, 2.05) is 15.8 Å². The van der Waals surface area contributed by atoms with Gasteiger partial charge in [0.15, 0.2) is 0 Å². The van der Waals surface area contributed by atoms with E-state index in [1.54, 1.807) is 6.20 Å². The molecule has 3 rings (SSSR count). The highest BCUT2D eigenvalue weighted by Gasteiger charge is 2.34. The number of aromatic nitrogens is 2. The minimum absolute atomic E-state index is 0.114. The second kappa shape index (κ2) is 6.26. The van der Waals surface area contributed by atoms with E-state index >= 15 is 0 Å². The van der Waals surface area contributed by atoms with Gasteiger partial charge in [-0.25, -0.2) is 8.78 Å². The first-order valence-corrected chi connectivity index (χ1v) is 8.15. The fraction of sp³-hybridized carbons (Fsp3) is 0.500. The summed E-state index contributed by atoms with van der Waals surface area (Å²) in [5.41, 5.74) is 1.17. The summed E-state index contributed by atoms with van der Waals surface area (Å²) in [5, 5.41) is 14.4. The lowest BCUT2D eigenvalue weighted by Gasteiger charge is -2.24. The fourth-order valence-electron chi connectivity index (χ4n) is 3.19. The summed E-state index contributed by atoms with van der Waals surface area (Å²) in [7, 11) is 0. The van der Waals surface area contributed by atoms with Crippen LogP contribution in [0.25, 0.3) is 0 Å². The van der Waals surface area contributed by atoms with Gasteiger partial charge >= 0.3 is 0 Å². The molecular formula is C18H23F2N3O. The molecule has 1 fully saturated rings. The molecule has 130 valence electrons. The Morgan fingerprint density at radius 1 is 1.29 bits per heavy atom. The Kier molecular flexibility index (Phi) is 4.44. The van der Waals surface area contributed by atoms with Crippen LogP contribution in [-0.4, -0.2) is 32.4 Å². The molecule has 0 bridgehead atoms. The minimum Gasteiger partial charge on any atom is -0.392 e. The standard InChI is InChI=1S/C18H23F2N3O/c1-18(2,3)23-10-12(8-21-23)9-22-11-14(24)7-17(22)15-6-13(19)4-5-16(15)20/h4-6,8,10,14,17,24H,7,9,11H2,1-3H3. The van der Waals surface area contributed by atoms with E-state index < -0.39 is 17.7 Å². The van der Waals surface area contributed by atoms with E-state index in [1.165, 1.54) is 6.07 Å². The van der Waals surface area contributed by atoms with E-state index in [0.717, 1.165) is 17.7 Å². The summed E-state index contributed by atoms with van der Waals surface area (Å²) >= 11 is 0. The maximum absolute atomic E-state index is 14.1. The lowest BCUT2D eigenvalue weighted by molar-refractivity contribution is 0.172. The van der Waals surface area contributed by atoms with Gasteiger partial charge in [0.05, 0.1) is 17.8 Å². The van der Waals surface area contributed by atoms with Crippen molar-refractivity contribution in [2.45, 2.75) is 51.4 Å². The molecule has 6 heteroatoms. The molecule has 0 spiro atoms. The van der Waals surface area contributed by atoms with Crippen LogP contribution < -0.4 is 0 Å². The number of rotatable bonds is 3. The average Bonchev–Trinajstić information content (AvgIpc) is 3.08. The molecule has 4 nitrogen and oxygen atoms in total. The van der Waals surface area contributed by atoms with Crippen molar-refractivity contribution >= 4 is 0 Å². The summed E-state index contributed by atoms with van der Waals surface area (Å²) in [6.07, 6.45) is 3.60. The third kappa shape index (κ3) is 3.49. The number of nitrogens with zero attached hydrogens (tertiary/aromatic N) is 3. The molecule has 2 heterocycles. The minimum atomic E-state index is -0.546. The number of aliphatic hydroxyl groups excluding tert-OH is 1. The van der Waals surface area contributed by atoms with E-state index in [2.05, 4.69) is 25.9 Å². The molecule has 1 saturated heterocycles. The molecule has 1 aromatic carbocycles. The second-order valence-corrected chi connectivity index (χ2v) is 7.46. The fourth-order valence-corrected chi connectivity index (χ4v) is 3.19. The van der Waals surface area contributed by atoms with E-state index in [0.29, 0.717) is 25.1 Å². The maximum atomic E-state index is 14.1. The van der Waals surface area contributed by atoms with Gasteiger partial charge in [0.1, 0.15) is 11.6 Å². The van der Waals surface area contributed by atoms with Crippen LogP contribution in [0.2, 0.25) is 0 Å². The van der Waals surface area contributed by atoms with Crippen molar-refractivity contribution in [1.29, 1.82) is 0 Å². The monoisotopic (exact) mass is 335 g/mol. The van der Waals surface area contributed by atoms with Crippen molar-refractivity contribution in [3.63, 3.8) is 0 Å².